The molecule has 0 saturated carbocycles. The highest BCUT2D eigenvalue weighted by Crippen LogP contribution is 2.34. The summed E-state index contributed by atoms with van der Waals surface area (Å²) in [5, 5.41) is 31.8. The van der Waals surface area contributed by atoms with E-state index in [1.54, 1.807) is 4.68 Å². The zero-order chi connectivity index (χ0) is 23.9. The number of aryl methyl sites for hydroxylation is 2. The number of benzene rings is 1. The second kappa shape index (κ2) is 8.86. The predicted molar refractivity (Wildman–Crippen MR) is 132 cm³/mol. The third-order valence-corrected chi connectivity index (χ3v) is 6.78. The van der Waals surface area contributed by atoms with E-state index in [-0.39, 0.29) is 6.04 Å². The normalized spacial score (nSPS) is 21.5. The lowest BCUT2D eigenvalue weighted by molar-refractivity contribution is 0.0740. The predicted octanol–water partition coefficient (Wildman–Crippen LogP) is 2.70. The molecule has 3 N–H and O–H groups in total. The molecule has 2 bridgehead atoms. The summed E-state index contributed by atoms with van der Waals surface area (Å²) in [4.78, 5) is 0. The lowest BCUT2D eigenvalue weighted by Crippen LogP contribution is -2.42. The van der Waals surface area contributed by atoms with Crippen molar-refractivity contribution in [2.75, 3.05) is 26.3 Å². The molecule has 35 heavy (non-hydrogen) atoms. The molecule has 3 aromatic heterocycles. The third-order valence-electron chi connectivity index (χ3n) is 6.78. The standard InChI is InChI=1S/C25H29N7O3/c1-15-17-5-7-21-18-12-16(4-6-20(18)28-29-21)19-13-27-31(2)24(19)34-10-3-11-35-25(17)32(30-15)22-8-9-26-14-23(22)33/h4-7,12-13,22-23,26,33H,3,8-11,14H2,1-2H3,(H,28,29)/b7-5+/t22-,23-/m0/s1. The average molecular weight is 476 g/mol. The van der Waals surface area contributed by atoms with Crippen molar-refractivity contribution in [3.63, 3.8) is 0 Å². The first-order chi connectivity index (χ1) is 17.1. The van der Waals surface area contributed by atoms with Crippen molar-refractivity contribution < 1.29 is 14.6 Å². The molecule has 1 saturated heterocycles. The van der Waals surface area contributed by atoms with Crippen LogP contribution in [0.4, 0.5) is 0 Å². The maximum Gasteiger partial charge on any atom is 0.219 e. The van der Waals surface area contributed by atoms with Crippen LogP contribution in [-0.2, 0) is 7.05 Å². The van der Waals surface area contributed by atoms with Gasteiger partial charge in [-0.1, -0.05) is 6.07 Å². The molecule has 182 valence electrons. The fraction of sp³-hybridized carbons (Fsp3) is 0.400. The van der Waals surface area contributed by atoms with Gasteiger partial charge in [0.2, 0.25) is 11.8 Å². The second-order valence-corrected chi connectivity index (χ2v) is 9.12. The number of piperidine rings is 1. The molecule has 1 aromatic carbocycles. The molecule has 6 rings (SSSR count). The first-order valence-corrected chi connectivity index (χ1v) is 12.0. The van der Waals surface area contributed by atoms with Crippen LogP contribution in [0.5, 0.6) is 11.8 Å². The summed E-state index contributed by atoms with van der Waals surface area (Å²) < 4.78 is 16.1. The van der Waals surface area contributed by atoms with Crippen LogP contribution in [0.1, 0.15) is 35.8 Å². The first kappa shape index (κ1) is 21.9. The molecule has 1 fully saturated rings. The van der Waals surface area contributed by atoms with Crippen molar-refractivity contribution in [2.24, 2.45) is 7.05 Å². The van der Waals surface area contributed by atoms with Crippen LogP contribution in [0.3, 0.4) is 0 Å². The number of nitrogens with one attached hydrogen (secondary N) is 2. The van der Waals surface area contributed by atoms with Crippen molar-refractivity contribution in [1.82, 2.24) is 35.1 Å². The Balaban J connectivity index is 1.46. The van der Waals surface area contributed by atoms with Gasteiger partial charge >= 0.3 is 0 Å². The van der Waals surface area contributed by atoms with Crippen LogP contribution >= 0.6 is 0 Å². The first-order valence-electron chi connectivity index (χ1n) is 12.0. The van der Waals surface area contributed by atoms with Crippen LogP contribution in [0.15, 0.2) is 24.4 Å². The molecule has 2 aliphatic rings. The number of aliphatic hydroxyl groups excluding tert-OH is 1. The van der Waals surface area contributed by atoms with E-state index in [4.69, 9.17) is 14.6 Å². The van der Waals surface area contributed by atoms with Crippen LogP contribution in [0, 0.1) is 6.92 Å². The van der Waals surface area contributed by atoms with Gasteiger partial charge in [-0.3, -0.25) is 5.10 Å². The van der Waals surface area contributed by atoms with E-state index in [9.17, 15) is 5.11 Å². The maximum absolute atomic E-state index is 10.7. The van der Waals surface area contributed by atoms with Gasteiger partial charge < -0.3 is 19.9 Å². The number of H-pyrrole nitrogens is 1. The minimum absolute atomic E-state index is 0.142. The van der Waals surface area contributed by atoms with E-state index in [2.05, 4.69) is 32.7 Å². The molecule has 5 heterocycles. The number of ether oxygens (including phenoxy) is 2. The number of hydrogen-bond acceptors (Lipinski definition) is 7. The van der Waals surface area contributed by atoms with E-state index in [0.29, 0.717) is 32.1 Å². The fourth-order valence-electron chi connectivity index (χ4n) is 4.90. The minimum atomic E-state index is -0.531. The van der Waals surface area contributed by atoms with Crippen LogP contribution in [-0.4, -0.2) is 67.3 Å². The summed E-state index contributed by atoms with van der Waals surface area (Å²) in [6.07, 6.45) is 6.77. The molecular weight excluding hydrogens is 446 g/mol. The Labute approximate surface area is 202 Å². The molecule has 2 atom stereocenters. The van der Waals surface area contributed by atoms with Crippen LogP contribution in [0.25, 0.3) is 34.2 Å². The van der Waals surface area contributed by atoms with Gasteiger partial charge in [-0.05, 0) is 49.7 Å². The number of aliphatic hydroxyl groups is 1. The molecule has 0 amide bonds. The van der Waals surface area contributed by atoms with Crippen molar-refractivity contribution in [2.45, 2.75) is 31.9 Å². The van der Waals surface area contributed by atoms with Gasteiger partial charge in [0.15, 0.2) is 0 Å². The van der Waals surface area contributed by atoms with Gasteiger partial charge in [-0.25, -0.2) is 9.36 Å². The molecule has 0 spiro atoms. The number of aromatic nitrogens is 6. The SMILES string of the molecule is Cc1nn([C@H]2CCNC[C@@H]2O)c2c1/C=C/c1n[nH]c3ccc(cc13)-c1cnn(C)c1OCCCO2. The molecular formula is C25H29N7O3. The summed E-state index contributed by atoms with van der Waals surface area (Å²) >= 11 is 0. The van der Waals surface area contributed by atoms with E-state index in [1.165, 1.54) is 0 Å². The van der Waals surface area contributed by atoms with E-state index >= 15 is 0 Å². The van der Waals surface area contributed by atoms with Gasteiger partial charge in [-0.2, -0.15) is 15.3 Å². The highest BCUT2D eigenvalue weighted by Gasteiger charge is 2.29. The Kier molecular flexibility index (Phi) is 5.54. The summed E-state index contributed by atoms with van der Waals surface area (Å²) in [6, 6.07) is 6.05. The van der Waals surface area contributed by atoms with Gasteiger partial charge in [-0.15, -0.1) is 0 Å². The quantitative estimate of drug-likeness (QED) is 0.388. The van der Waals surface area contributed by atoms with Crippen molar-refractivity contribution in [3.8, 4) is 22.9 Å². The van der Waals surface area contributed by atoms with Crippen molar-refractivity contribution in [1.29, 1.82) is 0 Å². The van der Waals surface area contributed by atoms with E-state index in [0.717, 1.165) is 57.8 Å². The lowest BCUT2D eigenvalue weighted by atomic mass is 10.0. The molecule has 10 nitrogen and oxygen atoms in total. The topological polar surface area (TPSA) is 115 Å². The number of aromatic amines is 1. The van der Waals surface area contributed by atoms with E-state index in [1.807, 2.05) is 43.1 Å². The Hall–Kier alpha value is -3.63. The summed E-state index contributed by atoms with van der Waals surface area (Å²) in [5.41, 5.74) is 5.48. The fourth-order valence-corrected chi connectivity index (χ4v) is 4.90. The number of β-amino-alcohol motifs (C(OH)–C–C–N with tert-alkyl or cyclic N) is 1. The Morgan fingerprint density at radius 1 is 1.14 bits per heavy atom. The van der Waals surface area contributed by atoms with Crippen molar-refractivity contribution >= 4 is 23.1 Å². The molecule has 2 aliphatic heterocycles. The number of nitrogens with zero attached hydrogens (tertiary/aromatic N) is 5. The lowest BCUT2D eigenvalue weighted by Gasteiger charge is -2.29. The van der Waals surface area contributed by atoms with Crippen LogP contribution < -0.4 is 14.8 Å². The molecule has 4 aromatic rings. The number of hydrogen-bond donors (Lipinski definition) is 3. The molecule has 0 aliphatic carbocycles. The van der Waals surface area contributed by atoms with Crippen LogP contribution in [0.2, 0.25) is 0 Å². The number of fused-ring (bicyclic) bond motifs is 4. The second-order valence-electron chi connectivity index (χ2n) is 9.12. The third kappa shape index (κ3) is 3.88. The molecule has 10 heteroatoms. The van der Waals surface area contributed by atoms with Gasteiger partial charge in [0, 0.05) is 25.4 Å². The van der Waals surface area contributed by atoms with Gasteiger partial charge in [0.1, 0.15) is 0 Å². The summed E-state index contributed by atoms with van der Waals surface area (Å²) in [5.74, 6) is 1.39. The largest absolute Gasteiger partial charge is 0.477 e. The zero-order valence-corrected chi connectivity index (χ0v) is 19.9. The van der Waals surface area contributed by atoms with Gasteiger partial charge in [0.25, 0.3) is 0 Å². The van der Waals surface area contributed by atoms with Crippen molar-refractivity contribution in [3.05, 3.63) is 41.3 Å². The minimum Gasteiger partial charge on any atom is -0.477 e. The summed E-state index contributed by atoms with van der Waals surface area (Å²) in [6.45, 7) is 4.28. The smallest absolute Gasteiger partial charge is 0.219 e. The summed E-state index contributed by atoms with van der Waals surface area (Å²) in [7, 11) is 1.88. The zero-order valence-electron chi connectivity index (χ0n) is 19.9. The Morgan fingerprint density at radius 3 is 2.86 bits per heavy atom. The van der Waals surface area contributed by atoms with Gasteiger partial charge in [0.05, 0.1) is 59.6 Å². The maximum atomic E-state index is 10.7. The number of rotatable bonds is 1. The highest BCUT2D eigenvalue weighted by molar-refractivity contribution is 5.93. The average Bonchev–Trinajstić information content (AvgIpc) is 3.52. The Bertz CT molecular complexity index is 1400. The molecule has 0 radical (unpaired) electrons. The highest BCUT2D eigenvalue weighted by atomic mass is 16.5. The monoisotopic (exact) mass is 475 g/mol. The van der Waals surface area contributed by atoms with E-state index < -0.39 is 6.10 Å². The molecule has 0 unspecified atom stereocenters. The Morgan fingerprint density at radius 2 is 2.00 bits per heavy atom.